The number of para-hydroxylation sites is 1. The van der Waals surface area contributed by atoms with Crippen LogP contribution >= 0.6 is 0 Å². The van der Waals surface area contributed by atoms with Crippen LogP contribution in [0.3, 0.4) is 0 Å². The molecule has 0 aromatic heterocycles. The fourth-order valence-corrected chi connectivity index (χ4v) is 4.10. The van der Waals surface area contributed by atoms with Crippen molar-refractivity contribution in [2.45, 2.75) is 65.6 Å². The highest BCUT2D eigenvalue weighted by Gasteiger charge is 2.40. The summed E-state index contributed by atoms with van der Waals surface area (Å²) in [5, 5.41) is 2.70. The summed E-state index contributed by atoms with van der Waals surface area (Å²) in [6.45, 7) is 12.2. The van der Waals surface area contributed by atoms with E-state index >= 15 is 0 Å². The normalized spacial score (nSPS) is 17.6. The van der Waals surface area contributed by atoms with Crippen LogP contribution in [0.5, 0.6) is 5.75 Å². The van der Waals surface area contributed by atoms with Gasteiger partial charge in [0.25, 0.3) is 0 Å². The van der Waals surface area contributed by atoms with Gasteiger partial charge in [0.05, 0.1) is 13.2 Å². The first-order valence-corrected chi connectivity index (χ1v) is 12.1. The monoisotopic (exact) mass is 505 g/mol. The molecule has 36 heavy (non-hydrogen) atoms. The molecule has 0 unspecified atom stereocenters. The lowest BCUT2D eigenvalue weighted by Crippen LogP contribution is -2.59. The molecule has 1 N–H and O–H groups in total. The maximum absolute atomic E-state index is 12.7. The minimum Gasteiger partial charge on any atom is -0.467 e. The molecule has 0 aliphatic carbocycles. The Morgan fingerprint density at radius 3 is 2.25 bits per heavy atom. The highest BCUT2D eigenvalue weighted by atomic mass is 16.6. The van der Waals surface area contributed by atoms with Crippen LogP contribution < -0.4 is 10.1 Å². The van der Waals surface area contributed by atoms with Gasteiger partial charge >= 0.3 is 18.2 Å². The molecule has 200 valence electrons. The van der Waals surface area contributed by atoms with Crippen LogP contribution in [0.25, 0.3) is 0 Å². The zero-order chi connectivity index (χ0) is 27.1. The fraction of sp³-hybridized carbons (Fsp3) is 0.615. The quantitative estimate of drug-likeness (QED) is 0.536. The summed E-state index contributed by atoms with van der Waals surface area (Å²) in [7, 11) is 1.29. The molecule has 2 atom stereocenters. The number of esters is 1. The van der Waals surface area contributed by atoms with E-state index in [-0.39, 0.29) is 12.3 Å². The van der Waals surface area contributed by atoms with E-state index in [1.807, 2.05) is 24.8 Å². The molecular weight excluding hydrogens is 466 g/mol. The third-order valence-corrected chi connectivity index (χ3v) is 6.04. The number of hydrogen-bond donors (Lipinski definition) is 1. The molecule has 0 spiro atoms. The second-order valence-corrected chi connectivity index (χ2v) is 10.6. The van der Waals surface area contributed by atoms with Gasteiger partial charge in [0, 0.05) is 19.6 Å². The first-order valence-electron chi connectivity index (χ1n) is 12.1. The Morgan fingerprint density at radius 2 is 1.69 bits per heavy atom. The summed E-state index contributed by atoms with van der Waals surface area (Å²) in [5.41, 5.74) is -1.29. The van der Waals surface area contributed by atoms with Crippen molar-refractivity contribution in [2.75, 3.05) is 33.3 Å². The average molecular weight is 506 g/mol. The van der Waals surface area contributed by atoms with Crippen LogP contribution in [-0.4, -0.2) is 84.7 Å². The van der Waals surface area contributed by atoms with Crippen molar-refractivity contribution in [3.8, 4) is 5.75 Å². The standard InChI is InChI=1S/C26H39N3O7/c1-18(30)21(27-23(32)35-19-11-9-8-10-12-19)26(5,6)13-14-28-15-16-29(20(17-28)22(31)34-7)24(33)36-25(2,3)4/h8-12,20-21H,13-17H2,1-7H3,(H,27,32)/t20-,21-/m0/s1. The van der Waals surface area contributed by atoms with Crippen molar-refractivity contribution in [2.24, 2.45) is 5.41 Å². The molecule has 10 heteroatoms. The van der Waals surface area contributed by atoms with Crippen molar-refractivity contribution in [1.82, 2.24) is 15.1 Å². The third kappa shape index (κ3) is 8.51. The van der Waals surface area contributed by atoms with Gasteiger partial charge in [0.15, 0.2) is 5.78 Å². The van der Waals surface area contributed by atoms with Gasteiger partial charge in [0.2, 0.25) is 0 Å². The molecule has 0 radical (unpaired) electrons. The van der Waals surface area contributed by atoms with Crippen molar-refractivity contribution in [3.05, 3.63) is 30.3 Å². The van der Waals surface area contributed by atoms with Gasteiger partial charge in [-0.25, -0.2) is 14.4 Å². The number of ketones is 1. The summed E-state index contributed by atoms with van der Waals surface area (Å²) in [5.74, 6) is -0.323. The fourth-order valence-electron chi connectivity index (χ4n) is 4.10. The first-order chi connectivity index (χ1) is 16.7. The van der Waals surface area contributed by atoms with Gasteiger partial charge in [0.1, 0.15) is 17.4 Å². The number of methoxy groups -OCH3 is 1. The van der Waals surface area contributed by atoms with E-state index in [0.717, 1.165) is 0 Å². The first kappa shape index (κ1) is 29.1. The van der Waals surface area contributed by atoms with Crippen LogP contribution in [0.15, 0.2) is 30.3 Å². The summed E-state index contributed by atoms with van der Waals surface area (Å²) in [6.07, 6.45) is -0.717. The molecule has 1 heterocycles. The average Bonchev–Trinajstić information content (AvgIpc) is 2.79. The molecule has 0 saturated carbocycles. The van der Waals surface area contributed by atoms with E-state index < -0.39 is 41.3 Å². The zero-order valence-corrected chi connectivity index (χ0v) is 22.3. The number of piperazine rings is 1. The third-order valence-electron chi connectivity index (χ3n) is 6.04. The lowest BCUT2D eigenvalue weighted by Gasteiger charge is -2.41. The summed E-state index contributed by atoms with van der Waals surface area (Å²) < 4.78 is 15.7. The molecule has 0 bridgehead atoms. The maximum Gasteiger partial charge on any atom is 0.413 e. The highest BCUT2D eigenvalue weighted by Crippen LogP contribution is 2.28. The van der Waals surface area contributed by atoms with Gasteiger partial charge in [-0.15, -0.1) is 0 Å². The van der Waals surface area contributed by atoms with Crippen LogP contribution in [0.2, 0.25) is 0 Å². The number of Topliss-reactive ketones (excluding diaryl/α,β-unsaturated/α-hetero) is 1. The summed E-state index contributed by atoms with van der Waals surface area (Å²) in [4.78, 5) is 53.4. The number of benzene rings is 1. The van der Waals surface area contributed by atoms with E-state index in [4.69, 9.17) is 14.2 Å². The molecule has 10 nitrogen and oxygen atoms in total. The smallest absolute Gasteiger partial charge is 0.413 e. The lowest BCUT2D eigenvalue weighted by molar-refractivity contribution is -0.149. The largest absolute Gasteiger partial charge is 0.467 e. The number of ether oxygens (including phenoxy) is 3. The number of hydrogen-bond acceptors (Lipinski definition) is 8. The summed E-state index contributed by atoms with van der Waals surface area (Å²) >= 11 is 0. The molecule has 1 aliphatic heterocycles. The molecule has 1 aromatic carbocycles. The van der Waals surface area contributed by atoms with E-state index in [2.05, 4.69) is 5.32 Å². The molecule has 2 rings (SSSR count). The van der Waals surface area contributed by atoms with E-state index in [1.54, 1.807) is 45.0 Å². The Labute approximate surface area is 213 Å². The molecule has 1 saturated heterocycles. The SMILES string of the molecule is COC(=O)[C@@H]1CN(CCC(C)(C)[C@@H](NC(=O)Oc2ccccc2)C(C)=O)CCN1C(=O)OC(C)(C)C. The predicted octanol–water partition coefficient (Wildman–Crippen LogP) is 3.24. The Kier molecular flexibility index (Phi) is 9.86. The van der Waals surface area contributed by atoms with E-state index in [1.165, 1.54) is 18.9 Å². The zero-order valence-electron chi connectivity index (χ0n) is 22.3. The lowest BCUT2D eigenvalue weighted by atomic mass is 9.79. The van der Waals surface area contributed by atoms with E-state index in [0.29, 0.717) is 31.8 Å². The van der Waals surface area contributed by atoms with Crippen molar-refractivity contribution in [3.63, 3.8) is 0 Å². The number of carbonyl (C=O) groups excluding carboxylic acids is 4. The minimum absolute atomic E-state index is 0.188. The van der Waals surface area contributed by atoms with Crippen molar-refractivity contribution >= 4 is 23.9 Å². The second kappa shape index (κ2) is 12.2. The van der Waals surface area contributed by atoms with Crippen LogP contribution in [0, 0.1) is 5.41 Å². The van der Waals surface area contributed by atoms with Gasteiger partial charge in [-0.3, -0.25) is 14.6 Å². The molecular formula is C26H39N3O7. The van der Waals surface area contributed by atoms with Gasteiger partial charge in [-0.1, -0.05) is 32.0 Å². The molecule has 1 aromatic rings. The predicted molar refractivity (Wildman–Crippen MR) is 134 cm³/mol. The number of nitrogens with one attached hydrogen (secondary N) is 1. The number of carbonyl (C=O) groups is 4. The summed E-state index contributed by atoms with van der Waals surface area (Å²) in [6, 6.07) is 7.05. The molecule has 2 amide bonds. The number of nitrogens with zero attached hydrogens (tertiary/aromatic N) is 2. The second-order valence-electron chi connectivity index (χ2n) is 10.6. The minimum atomic E-state index is -0.802. The van der Waals surface area contributed by atoms with Crippen molar-refractivity contribution in [1.29, 1.82) is 0 Å². The maximum atomic E-state index is 12.7. The van der Waals surface area contributed by atoms with Crippen LogP contribution in [0.4, 0.5) is 9.59 Å². The Bertz CT molecular complexity index is 927. The Morgan fingerprint density at radius 1 is 1.06 bits per heavy atom. The highest BCUT2D eigenvalue weighted by molar-refractivity contribution is 5.86. The van der Waals surface area contributed by atoms with Gasteiger partial charge in [-0.2, -0.15) is 0 Å². The number of amides is 2. The van der Waals surface area contributed by atoms with Crippen LogP contribution in [-0.2, 0) is 19.1 Å². The molecule has 1 aliphatic rings. The topological polar surface area (TPSA) is 114 Å². The van der Waals surface area contributed by atoms with Crippen molar-refractivity contribution < 1.29 is 33.4 Å². The van der Waals surface area contributed by atoms with Crippen LogP contribution in [0.1, 0.15) is 48.0 Å². The Balaban J connectivity index is 2.02. The van der Waals surface area contributed by atoms with Gasteiger partial charge in [-0.05, 0) is 58.2 Å². The van der Waals surface area contributed by atoms with Gasteiger partial charge < -0.3 is 19.5 Å². The Hall–Kier alpha value is -3.14. The van der Waals surface area contributed by atoms with E-state index in [9.17, 15) is 19.2 Å². The molecule has 1 fully saturated rings. The number of rotatable bonds is 8.